The molecule has 4 heteroatoms. The summed E-state index contributed by atoms with van der Waals surface area (Å²) in [6.07, 6.45) is 9.98. The average Bonchev–Trinajstić information content (AvgIpc) is 3.13. The summed E-state index contributed by atoms with van der Waals surface area (Å²) in [4.78, 5) is 19.7. The molecule has 3 saturated heterocycles. The SMILES string of the molecule is CN1CC[C@H](N2CC3(CCC2=O)CCN(C/C=C/c2ccccc2)CC3)C1. The first-order chi connectivity index (χ1) is 13.1. The number of carbonyl (C=O) groups is 1. The Morgan fingerprint density at radius 1 is 1.11 bits per heavy atom. The first kappa shape index (κ1) is 18.7. The zero-order valence-corrected chi connectivity index (χ0v) is 16.6. The zero-order chi connectivity index (χ0) is 18.7. The fourth-order valence-corrected chi connectivity index (χ4v) is 5.06. The van der Waals surface area contributed by atoms with Gasteiger partial charge in [-0.05, 0) is 63.3 Å². The van der Waals surface area contributed by atoms with E-state index in [9.17, 15) is 4.79 Å². The number of rotatable bonds is 4. The molecule has 3 aliphatic rings. The van der Waals surface area contributed by atoms with Crippen molar-refractivity contribution in [3.8, 4) is 0 Å². The Balaban J connectivity index is 1.30. The molecular formula is C23H33N3O. The van der Waals surface area contributed by atoms with Gasteiger partial charge in [-0.2, -0.15) is 0 Å². The quantitative estimate of drug-likeness (QED) is 0.818. The van der Waals surface area contributed by atoms with Gasteiger partial charge in [-0.3, -0.25) is 9.69 Å². The van der Waals surface area contributed by atoms with Crippen LogP contribution in [-0.2, 0) is 4.79 Å². The molecule has 0 saturated carbocycles. The number of benzene rings is 1. The van der Waals surface area contributed by atoms with E-state index in [0.717, 1.165) is 58.5 Å². The third kappa shape index (κ3) is 4.44. The molecule has 3 fully saturated rings. The number of likely N-dealkylation sites (tertiary alicyclic amines) is 3. The van der Waals surface area contributed by atoms with E-state index in [-0.39, 0.29) is 0 Å². The van der Waals surface area contributed by atoms with Crippen molar-refractivity contribution in [2.45, 2.75) is 38.1 Å². The van der Waals surface area contributed by atoms with Crippen molar-refractivity contribution < 1.29 is 4.79 Å². The molecule has 0 bridgehead atoms. The van der Waals surface area contributed by atoms with Crippen LogP contribution < -0.4 is 0 Å². The predicted molar refractivity (Wildman–Crippen MR) is 110 cm³/mol. The number of hydrogen-bond acceptors (Lipinski definition) is 3. The predicted octanol–water partition coefficient (Wildman–Crippen LogP) is 3.11. The molecular weight excluding hydrogens is 334 g/mol. The van der Waals surface area contributed by atoms with Gasteiger partial charge in [-0.15, -0.1) is 0 Å². The van der Waals surface area contributed by atoms with E-state index in [0.29, 0.717) is 17.4 Å². The molecule has 146 valence electrons. The summed E-state index contributed by atoms with van der Waals surface area (Å²) < 4.78 is 0. The lowest BCUT2D eigenvalue weighted by molar-refractivity contribution is -0.141. The van der Waals surface area contributed by atoms with E-state index in [1.54, 1.807) is 0 Å². The second-order valence-corrected chi connectivity index (χ2v) is 8.84. The van der Waals surface area contributed by atoms with Crippen LogP contribution in [0.15, 0.2) is 36.4 Å². The van der Waals surface area contributed by atoms with Gasteiger partial charge in [0.15, 0.2) is 0 Å². The van der Waals surface area contributed by atoms with Crippen LogP contribution in [-0.4, -0.2) is 73.0 Å². The molecule has 4 rings (SSSR count). The molecule has 0 aromatic heterocycles. The fourth-order valence-electron chi connectivity index (χ4n) is 5.06. The second-order valence-electron chi connectivity index (χ2n) is 8.84. The van der Waals surface area contributed by atoms with Crippen LogP contribution in [0, 0.1) is 5.41 Å². The van der Waals surface area contributed by atoms with Gasteiger partial charge < -0.3 is 9.80 Å². The van der Waals surface area contributed by atoms with Crippen LogP contribution in [0.25, 0.3) is 6.08 Å². The summed E-state index contributed by atoms with van der Waals surface area (Å²) in [6, 6.07) is 11.0. The summed E-state index contributed by atoms with van der Waals surface area (Å²) in [5, 5.41) is 0. The maximum atomic E-state index is 12.5. The highest BCUT2D eigenvalue weighted by molar-refractivity contribution is 5.77. The minimum atomic E-state index is 0.370. The molecule has 0 aliphatic carbocycles. The van der Waals surface area contributed by atoms with Crippen LogP contribution in [0.5, 0.6) is 0 Å². The van der Waals surface area contributed by atoms with Crippen LogP contribution in [0.3, 0.4) is 0 Å². The van der Waals surface area contributed by atoms with E-state index in [4.69, 9.17) is 0 Å². The van der Waals surface area contributed by atoms with E-state index in [1.165, 1.54) is 18.4 Å². The summed E-state index contributed by atoms with van der Waals surface area (Å²) in [7, 11) is 2.17. The van der Waals surface area contributed by atoms with Gasteiger partial charge in [0, 0.05) is 32.1 Å². The molecule has 0 unspecified atom stereocenters. The first-order valence-electron chi connectivity index (χ1n) is 10.6. The van der Waals surface area contributed by atoms with Crippen molar-refractivity contribution in [2.24, 2.45) is 5.41 Å². The zero-order valence-electron chi connectivity index (χ0n) is 16.6. The average molecular weight is 368 g/mol. The van der Waals surface area contributed by atoms with Gasteiger partial charge in [0.1, 0.15) is 0 Å². The van der Waals surface area contributed by atoms with Crippen molar-refractivity contribution in [1.82, 2.24) is 14.7 Å². The molecule has 3 heterocycles. The van der Waals surface area contributed by atoms with Crippen molar-refractivity contribution in [1.29, 1.82) is 0 Å². The monoisotopic (exact) mass is 367 g/mol. The van der Waals surface area contributed by atoms with Crippen molar-refractivity contribution in [3.05, 3.63) is 42.0 Å². The Morgan fingerprint density at radius 2 is 1.89 bits per heavy atom. The standard InChI is InChI=1S/C23H33N3O/c1-24-15-10-21(18-24)26-19-23(11-9-22(26)27)12-16-25(17-13-23)14-5-8-20-6-3-2-4-7-20/h2-8,21H,9-19H2,1H3/b8-5+/t21-/m0/s1. The molecule has 27 heavy (non-hydrogen) atoms. The van der Waals surface area contributed by atoms with Gasteiger partial charge in [-0.25, -0.2) is 0 Å². The van der Waals surface area contributed by atoms with Crippen molar-refractivity contribution >= 4 is 12.0 Å². The molecule has 1 atom stereocenters. The number of hydrogen-bond donors (Lipinski definition) is 0. The smallest absolute Gasteiger partial charge is 0.222 e. The van der Waals surface area contributed by atoms with Crippen LogP contribution in [0.1, 0.15) is 37.7 Å². The lowest BCUT2D eigenvalue weighted by Gasteiger charge is -2.49. The molecule has 4 nitrogen and oxygen atoms in total. The van der Waals surface area contributed by atoms with Gasteiger partial charge >= 0.3 is 0 Å². The number of piperidine rings is 2. The van der Waals surface area contributed by atoms with Gasteiger partial charge in [0.25, 0.3) is 0 Å². The number of likely N-dealkylation sites (N-methyl/N-ethyl adjacent to an activating group) is 1. The Morgan fingerprint density at radius 3 is 2.59 bits per heavy atom. The third-order valence-corrected chi connectivity index (χ3v) is 6.89. The second kappa shape index (κ2) is 8.15. The number of amides is 1. The maximum Gasteiger partial charge on any atom is 0.222 e. The topological polar surface area (TPSA) is 26.8 Å². The Labute approximate surface area is 163 Å². The minimum absolute atomic E-state index is 0.370. The summed E-state index contributed by atoms with van der Waals surface area (Å²) >= 11 is 0. The van der Waals surface area contributed by atoms with Crippen molar-refractivity contribution in [3.63, 3.8) is 0 Å². The van der Waals surface area contributed by atoms with Crippen molar-refractivity contribution in [2.75, 3.05) is 46.3 Å². The fraction of sp³-hybridized carbons (Fsp3) is 0.609. The largest absolute Gasteiger partial charge is 0.338 e. The lowest BCUT2D eigenvalue weighted by Crippen LogP contribution is -2.54. The molecule has 0 radical (unpaired) electrons. The molecule has 1 amide bonds. The molecule has 0 N–H and O–H groups in total. The van der Waals surface area contributed by atoms with E-state index < -0.39 is 0 Å². The first-order valence-corrected chi connectivity index (χ1v) is 10.6. The van der Waals surface area contributed by atoms with Gasteiger partial charge in [0.05, 0.1) is 0 Å². The normalized spacial score (nSPS) is 27.1. The van der Waals surface area contributed by atoms with E-state index in [2.05, 4.69) is 64.2 Å². The van der Waals surface area contributed by atoms with E-state index in [1.807, 2.05) is 0 Å². The van der Waals surface area contributed by atoms with Crippen LogP contribution in [0.2, 0.25) is 0 Å². The van der Waals surface area contributed by atoms with Crippen LogP contribution >= 0.6 is 0 Å². The Kier molecular flexibility index (Phi) is 5.65. The van der Waals surface area contributed by atoms with Crippen LogP contribution in [0.4, 0.5) is 0 Å². The Hall–Kier alpha value is -1.65. The molecule has 1 aromatic rings. The summed E-state index contributed by atoms with van der Waals surface area (Å²) in [6.45, 7) is 6.53. The summed E-state index contributed by atoms with van der Waals surface area (Å²) in [5.41, 5.74) is 1.64. The third-order valence-electron chi connectivity index (χ3n) is 6.89. The minimum Gasteiger partial charge on any atom is -0.338 e. The van der Waals surface area contributed by atoms with E-state index >= 15 is 0 Å². The highest BCUT2D eigenvalue weighted by Gasteiger charge is 2.43. The highest BCUT2D eigenvalue weighted by Crippen LogP contribution is 2.41. The maximum absolute atomic E-state index is 12.5. The Bertz CT molecular complexity index is 663. The number of nitrogens with zero attached hydrogens (tertiary/aromatic N) is 3. The number of carbonyl (C=O) groups excluding carboxylic acids is 1. The molecule has 1 spiro atoms. The molecule has 3 aliphatic heterocycles. The van der Waals surface area contributed by atoms with Gasteiger partial charge in [-0.1, -0.05) is 42.5 Å². The molecule has 1 aromatic carbocycles. The highest BCUT2D eigenvalue weighted by atomic mass is 16.2. The van der Waals surface area contributed by atoms with Gasteiger partial charge in [0.2, 0.25) is 5.91 Å². The summed E-state index contributed by atoms with van der Waals surface area (Å²) in [5.74, 6) is 0.397. The lowest BCUT2D eigenvalue weighted by atomic mass is 9.72.